The third kappa shape index (κ3) is 15.5. The van der Waals surface area contributed by atoms with Crippen molar-refractivity contribution in [1.82, 2.24) is 20.9 Å². The van der Waals surface area contributed by atoms with Crippen LogP contribution in [0.25, 0.3) is 0 Å². The summed E-state index contributed by atoms with van der Waals surface area (Å²) in [5, 5.41) is 39.9. The summed E-state index contributed by atoms with van der Waals surface area (Å²) in [6.07, 6.45) is 16.9. The summed E-state index contributed by atoms with van der Waals surface area (Å²) in [5.41, 5.74) is 0. The lowest BCUT2D eigenvalue weighted by molar-refractivity contribution is 0.381. The Labute approximate surface area is 164 Å². The first-order valence-corrected chi connectivity index (χ1v) is 10.1. The molecular weight excluding hydrogens is 340 g/mol. The third-order valence-electron chi connectivity index (χ3n) is 4.36. The van der Waals surface area contributed by atoms with Gasteiger partial charge in [-0.05, 0) is 12.8 Å². The largest absolute Gasteiger partial charge is 0.356 e. The molecule has 8 heteroatoms. The average Bonchev–Trinajstić information content (AvgIpc) is 2.65. The third-order valence-corrected chi connectivity index (χ3v) is 4.36. The molecule has 0 bridgehead atoms. The van der Waals surface area contributed by atoms with Crippen LogP contribution in [0.3, 0.4) is 0 Å². The number of nitrogens with zero attached hydrogens (tertiary/aromatic N) is 3. The van der Waals surface area contributed by atoms with E-state index in [1.165, 1.54) is 51.4 Å². The van der Waals surface area contributed by atoms with Crippen molar-refractivity contribution in [2.45, 2.75) is 77.6 Å². The van der Waals surface area contributed by atoms with Crippen LogP contribution < -0.4 is 16.0 Å². The van der Waals surface area contributed by atoms with E-state index in [9.17, 15) is 0 Å². The van der Waals surface area contributed by atoms with Crippen LogP contribution in [0.15, 0.2) is 0 Å². The average molecular weight is 377 g/mol. The Morgan fingerprint density at radius 2 is 1.30 bits per heavy atom. The molecule has 0 saturated heterocycles. The maximum atomic E-state index is 8.73. The first kappa shape index (κ1) is 24.5. The van der Waals surface area contributed by atoms with Crippen molar-refractivity contribution in [1.29, 1.82) is 21.3 Å². The van der Waals surface area contributed by atoms with E-state index in [0.717, 1.165) is 19.4 Å². The zero-order valence-electron chi connectivity index (χ0n) is 16.7. The van der Waals surface area contributed by atoms with Crippen LogP contribution in [0.5, 0.6) is 0 Å². The van der Waals surface area contributed by atoms with Gasteiger partial charge in [0.15, 0.2) is 12.4 Å². The lowest BCUT2D eigenvalue weighted by Crippen LogP contribution is -2.41. The molecule has 0 aliphatic carbocycles. The van der Waals surface area contributed by atoms with E-state index in [1.54, 1.807) is 12.4 Å². The summed E-state index contributed by atoms with van der Waals surface area (Å²) in [4.78, 5) is 1.86. The van der Waals surface area contributed by atoms with Gasteiger partial charge in [-0.25, -0.2) is 0 Å². The Morgan fingerprint density at radius 1 is 0.778 bits per heavy atom. The number of nitrogens with one attached hydrogen (secondary N) is 5. The highest BCUT2D eigenvalue weighted by atomic mass is 15.3. The molecule has 0 spiro atoms. The van der Waals surface area contributed by atoms with Crippen LogP contribution in [0.1, 0.15) is 77.6 Å². The molecule has 0 aliphatic heterocycles. The monoisotopic (exact) mass is 376 g/mol. The van der Waals surface area contributed by atoms with Gasteiger partial charge in [0.25, 0.3) is 0 Å². The summed E-state index contributed by atoms with van der Waals surface area (Å²) in [6.45, 7) is 4.14. The Morgan fingerprint density at radius 3 is 1.85 bits per heavy atom. The first-order chi connectivity index (χ1) is 13.2. The SMILES string of the molecule is CCCCCCCCCCCCN(CCCNC(=N)NC#N)C(=N)NC#N. The first-order valence-electron chi connectivity index (χ1n) is 10.1. The molecule has 0 amide bonds. The summed E-state index contributed by atoms with van der Waals surface area (Å²) in [5.74, 6) is 0.0996. The van der Waals surface area contributed by atoms with Crippen molar-refractivity contribution in [2.75, 3.05) is 19.6 Å². The highest BCUT2D eigenvalue weighted by molar-refractivity contribution is 5.78. The van der Waals surface area contributed by atoms with Gasteiger partial charge in [0.1, 0.15) is 0 Å². The van der Waals surface area contributed by atoms with E-state index in [4.69, 9.17) is 21.3 Å². The van der Waals surface area contributed by atoms with E-state index >= 15 is 0 Å². The molecule has 0 radical (unpaired) electrons. The molecule has 27 heavy (non-hydrogen) atoms. The second-order valence-electron chi connectivity index (χ2n) is 6.65. The molecule has 0 aliphatic rings. The highest BCUT2D eigenvalue weighted by Gasteiger charge is 2.09. The van der Waals surface area contributed by atoms with Crippen LogP contribution in [0.2, 0.25) is 0 Å². The number of guanidine groups is 2. The van der Waals surface area contributed by atoms with Gasteiger partial charge in [-0.15, -0.1) is 0 Å². The molecule has 5 N–H and O–H groups in total. The van der Waals surface area contributed by atoms with Crippen molar-refractivity contribution in [3.63, 3.8) is 0 Å². The topological polar surface area (TPSA) is 135 Å². The summed E-state index contributed by atoms with van der Waals surface area (Å²) >= 11 is 0. The Hall–Kier alpha value is -2.48. The van der Waals surface area contributed by atoms with Gasteiger partial charge in [-0.1, -0.05) is 64.7 Å². The van der Waals surface area contributed by atoms with Gasteiger partial charge >= 0.3 is 0 Å². The van der Waals surface area contributed by atoms with Gasteiger partial charge in [0.05, 0.1) is 0 Å². The lowest BCUT2D eigenvalue weighted by atomic mass is 10.1. The van der Waals surface area contributed by atoms with Gasteiger partial charge in [-0.3, -0.25) is 21.5 Å². The van der Waals surface area contributed by atoms with Gasteiger partial charge in [0, 0.05) is 19.6 Å². The molecule has 8 nitrogen and oxygen atoms in total. The normalized spacial score (nSPS) is 9.74. The maximum Gasteiger partial charge on any atom is 0.204 e. The van der Waals surface area contributed by atoms with Crippen molar-refractivity contribution < 1.29 is 0 Å². The standard InChI is InChI=1S/C19H36N8/c1-2-3-4-5-6-7-8-9-10-11-14-27(19(23)26-17-21)15-12-13-24-18(22)25-16-20/h2-15H2,1H3,(H2,23,26)(H3,22,24,25). The number of unbranched alkanes of at least 4 members (excludes halogenated alkanes) is 9. The molecule has 0 aromatic rings. The minimum Gasteiger partial charge on any atom is -0.356 e. The van der Waals surface area contributed by atoms with E-state index < -0.39 is 0 Å². The van der Waals surface area contributed by atoms with Gasteiger partial charge < -0.3 is 10.2 Å². The van der Waals surface area contributed by atoms with Crippen molar-refractivity contribution in [2.24, 2.45) is 0 Å². The quantitative estimate of drug-likeness (QED) is 0.0979. The van der Waals surface area contributed by atoms with Crippen LogP contribution in [0.4, 0.5) is 0 Å². The predicted octanol–water partition coefficient (Wildman–Crippen LogP) is 3.20. The van der Waals surface area contributed by atoms with Crippen LogP contribution >= 0.6 is 0 Å². The second-order valence-corrected chi connectivity index (χ2v) is 6.65. The zero-order valence-corrected chi connectivity index (χ0v) is 16.7. The van der Waals surface area contributed by atoms with Gasteiger partial charge in [-0.2, -0.15) is 10.5 Å². The molecule has 0 atom stereocenters. The molecular formula is C19H36N8. The molecule has 0 fully saturated rings. The highest BCUT2D eigenvalue weighted by Crippen LogP contribution is 2.10. The molecule has 0 unspecified atom stereocenters. The Kier molecular flexibility index (Phi) is 16.6. The Balaban J connectivity index is 3.87. The molecule has 152 valence electrons. The smallest absolute Gasteiger partial charge is 0.204 e. The lowest BCUT2D eigenvalue weighted by Gasteiger charge is -2.24. The Bertz CT molecular complexity index is 477. The molecule has 0 heterocycles. The fourth-order valence-electron chi connectivity index (χ4n) is 2.84. The predicted molar refractivity (Wildman–Crippen MR) is 109 cm³/mol. The van der Waals surface area contributed by atoms with E-state index in [1.807, 2.05) is 4.90 Å². The fraction of sp³-hybridized carbons (Fsp3) is 0.789. The minimum atomic E-state index is -0.0241. The maximum absolute atomic E-state index is 8.73. The number of hydrogen-bond acceptors (Lipinski definition) is 4. The van der Waals surface area contributed by atoms with Gasteiger partial charge in [0.2, 0.25) is 11.9 Å². The summed E-state index contributed by atoms with van der Waals surface area (Å²) in [6, 6.07) is 0. The van der Waals surface area contributed by atoms with Crippen molar-refractivity contribution in [3.8, 4) is 12.4 Å². The van der Waals surface area contributed by atoms with Crippen LogP contribution in [0, 0.1) is 33.7 Å². The van der Waals surface area contributed by atoms with E-state index in [-0.39, 0.29) is 11.9 Å². The minimum absolute atomic E-state index is 0.0241. The summed E-state index contributed by atoms with van der Waals surface area (Å²) < 4.78 is 0. The second kappa shape index (κ2) is 18.3. The molecule has 0 rings (SSSR count). The molecule has 0 aromatic carbocycles. The molecule has 0 saturated carbocycles. The van der Waals surface area contributed by atoms with Crippen LogP contribution in [-0.2, 0) is 0 Å². The number of nitriles is 2. The van der Waals surface area contributed by atoms with Crippen LogP contribution in [-0.4, -0.2) is 36.5 Å². The number of hydrogen-bond donors (Lipinski definition) is 5. The fourth-order valence-corrected chi connectivity index (χ4v) is 2.84. The number of rotatable bonds is 15. The summed E-state index contributed by atoms with van der Waals surface area (Å²) in [7, 11) is 0. The van der Waals surface area contributed by atoms with Crippen molar-refractivity contribution >= 4 is 11.9 Å². The zero-order chi connectivity index (χ0) is 20.2. The van der Waals surface area contributed by atoms with E-state index in [0.29, 0.717) is 19.5 Å². The van der Waals surface area contributed by atoms with E-state index in [2.05, 4.69) is 22.9 Å². The van der Waals surface area contributed by atoms with Crippen molar-refractivity contribution in [3.05, 3.63) is 0 Å². The molecule has 0 aromatic heterocycles.